The van der Waals surface area contributed by atoms with Crippen LogP contribution in [0.2, 0.25) is 0 Å². The first-order chi connectivity index (χ1) is 13.5. The topological polar surface area (TPSA) is 66.8 Å². The highest BCUT2D eigenvalue weighted by Crippen LogP contribution is 2.51. The predicted octanol–water partition coefficient (Wildman–Crippen LogP) is 5.90. The summed E-state index contributed by atoms with van der Waals surface area (Å²) in [5.41, 5.74) is 4.78. The van der Waals surface area contributed by atoms with Crippen LogP contribution in [0.25, 0.3) is 17.2 Å². The van der Waals surface area contributed by atoms with Gasteiger partial charge >= 0.3 is 5.97 Å². The van der Waals surface area contributed by atoms with E-state index in [1.165, 1.54) is 17.2 Å². The van der Waals surface area contributed by atoms with Crippen LogP contribution in [-0.2, 0) is 15.6 Å². The number of hydrogen-bond acceptors (Lipinski definition) is 3. The van der Waals surface area contributed by atoms with Crippen molar-refractivity contribution in [2.45, 2.75) is 58.3 Å². The van der Waals surface area contributed by atoms with Gasteiger partial charge in [0.1, 0.15) is 11.5 Å². The standard InChI is InChI=1S/C25H30O4/c1-6-29-21-15-17(14-19-23(21)25(4,5)12-11-24(19,2)3)18-13-16(7-9-20(18)26)8-10-22(27)28/h7-10,13-15,26H,6,11-12H2,1-5H3,(H,27,28)/b10-8+. The number of carboxylic acid groups (broad SMARTS) is 1. The molecule has 0 atom stereocenters. The van der Waals surface area contributed by atoms with Gasteiger partial charge in [0.15, 0.2) is 0 Å². The molecule has 0 heterocycles. The summed E-state index contributed by atoms with van der Waals surface area (Å²) in [5, 5.41) is 19.4. The number of rotatable bonds is 5. The second-order valence-corrected chi connectivity index (χ2v) is 9.05. The average molecular weight is 395 g/mol. The van der Waals surface area contributed by atoms with E-state index in [0.29, 0.717) is 12.2 Å². The van der Waals surface area contributed by atoms with E-state index in [9.17, 15) is 9.90 Å². The van der Waals surface area contributed by atoms with Crippen LogP contribution >= 0.6 is 0 Å². The third kappa shape index (κ3) is 4.16. The minimum atomic E-state index is -1.00. The van der Waals surface area contributed by atoms with E-state index < -0.39 is 5.97 Å². The highest BCUT2D eigenvalue weighted by molar-refractivity contribution is 5.86. The van der Waals surface area contributed by atoms with Crippen LogP contribution in [-0.4, -0.2) is 22.8 Å². The van der Waals surface area contributed by atoms with Gasteiger partial charge in [-0.3, -0.25) is 0 Å². The second-order valence-electron chi connectivity index (χ2n) is 9.05. The van der Waals surface area contributed by atoms with E-state index in [0.717, 1.165) is 35.8 Å². The zero-order valence-corrected chi connectivity index (χ0v) is 17.9. The third-order valence-electron chi connectivity index (χ3n) is 5.93. The van der Waals surface area contributed by atoms with E-state index in [1.54, 1.807) is 12.1 Å². The zero-order valence-electron chi connectivity index (χ0n) is 17.9. The van der Waals surface area contributed by atoms with Crippen LogP contribution in [0.5, 0.6) is 11.5 Å². The molecule has 0 radical (unpaired) electrons. The molecule has 0 aromatic heterocycles. The van der Waals surface area contributed by atoms with Gasteiger partial charge in [-0.15, -0.1) is 0 Å². The van der Waals surface area contributed by atoms with Crippen molar-refractivity contribution in [1.82, 2.24) is 0 Å². The highest BCUT2D eigenvalue weighted by atomic mass is 16.5. The summed E-state index contributed by atoms with van der Waals surface area (Å²) in [4.78, 5) is 10.9. The van der Waals surface area contributed by atoms with E-state index >= 15 is 0 Å². The first-order valence-corrected chi connectivity index (χ1v) is 10.1. The zero-order chi connectivity index (χ0) is 21.4. The fourth-order valence-corrected chi connectivity index (χ4v) is 4.21. The molecule has 0 fully saturated rings. The van der Waals surface area contributed by atoms with Gasteiger partial charge in [-0.25, -0.2) is 4.79 Å². The van der Waals surface area contributed by atoms with E-state index in [1.807, 2.05) is 19.1 Å². The molecule has 0 saturated heterocycles. The van der Waals surface area contributed by atoms with Gasteiger partial charge < -0.3 is 14.9 Å². The van der Waals surface area contributed by atoms with Crippen molar-refractivity contribution < 1.29 is 19.7 Å². The fraction of sp³-hybridized carbons (Fsp3) is 0.400. The molecule has 4 nitrogen and oxygen atoms in total. The predicted molar refractivity (Wildman–Crippen MR) is 117 cm³/mol. The lowest BCUT2D eigenvalue weighted by molar-refractivity contribution is -0.131. The molecule has 1 aliphatic rings. The lowest BCUT2D eigenvalue weighted by Gasteiger charge is -2.43. The number of carboxylic acids is 1. The number of aromatic hydroxyl groups is 1. The Labute approximate surface area is 172 Å². The Morgan fingerprint density at radius 2 is 1.79 bits per heavy atom. The maximum Gasteiger partial charge on any atom is 0.328 e. The van der Waals surface area contributed by atoms with Gasteiger partial charge in [-0.05, 0) is 77.6 Å². The fourth-order valence-electron chi connectivity index (χ4n) is 4.21. The van der Waals surface area contributed by atoms with Crippen LogP contribution in [0, 0.1) is 0 Å². The third-order valence-corrected chi connectivity index (χ3v) is 5.93. The normalized spacial score (nSPS) is 17.1. The van der Waals surface area contributed by atoms with Crippen molar-refractivity contribution in [1.29, 1.82) is 0 Å². The molecule has 0 spiro atoms. The number of phenolic OH excluding ortho intramolecular Hbond substituents is 1. The summed E-state index contributed by atoms with van der Waals surface area (Å²) in [6.07, 6.45) is 4.79. The van der Waals surface area contributed by atoms with Crippen LogP contribution < -0.4 is 4.74 Å². The first-order valence-electron chi connectivity index (χ1n) is 10.1. The number of hydrogen-bond donors (Lipinski definition) is 2. The number of benzene rings is 2. The summed E-state index contributed by atoms with van der Waals surface area (Å²) < 4.78 is 6.07. The van der Waals surface area contributed by atoms with Crippen LogP contribution in [0.1, 0.15) is 64.2 Å². The quantitative estimate of drug-likeness (QED) is 0.619. The number of aliphatic carboxylic acids is 1. The monoisotopic (exact) mass is 394 g/mol. The van der Waals surface area contributed by atoms with Crippen LogP contribution in [0.3, 0.4) is 0 Å². The van der Waals surface area contributed by atoms with Gasteiger partial charge in [-0.2, -0.15) is 0 Å². The lowest BCUT2D eigenvalue weighted by atomic mass is 9.62. The Balaban J connectivity index is 2.23. The van der Waals surface area contributed by atoms with Crippen LogP contribution in [0.15, 0.2) is 36.4 Å². The van der Waals surface area contributed by atoms with Crippen molar-refractivity contribution >= 4 is 12.0 Å². The molecule has 0 bridgehead atoms. The average Bonchev–Trinajstić information content (AvgIpc) is 2.64. The highest BCUT2D eigenvalue weighted by Gasteiger charge is 2.39. The Morgan fingerprint density at radius 1 is 1.10 bits per heavy atom. The number of ether oxygens (including phenoxy) is 1. The largest absolute Gasteiger partial charge is 0.507 e. The summed E-state index contributed by atoms with van der Waals surface area (Å²) in [6, 6.07) is 9.29. The molecule has 154 valence electrons. The van der Waals surface area contributed by atoms with E-state index in [2.05, 4.69) is 33.8 Å². The molecule has 0 unspecified atom stereocenters. The molecule has 4 heteroatoms. The molecule has 2 aromatic rings. The molecular weight excluding hydrogens is 364 g/mol. The Morgan fingerprint density at radius 3 is 2.45 bits per heavy atom. The maximum absolute atomic E-state index is 10.9. The molecule has 29 heavy (non-hydrogen) atoms. The van der Waals surface area contributed by atoms with E-state index in [4.69, 9.17) is 9.84 Å². The molecule has 2 N–H and O–H groups in total. The molecule has 2 aromatic carbocycles. The Bertz CT molecular complexity index is 967. The van der Waals surface area contributed by atoms with E-state index in [-0.39, 0.29) is 16.6 Å². The van der Waals surface area contributed by atoms with Crippen molar-refractivity contribution in [3.8, 4) is 22.6 Å². The van der Waals surface area contributed by atoms with Crippen molar-refractivity contribution in [3.63, 3.8) is 0 Å². The Kier molecular flexibility index (Phi) is 5.48. The molecule has 0 aliphatic heterocycles. The summed E-state index contributed by atoms with van der Waals surface area (Å²) in [6.45, 7) is 11.6. The second kappa shape index (κ2) is 7.58. The SMILES string of the molecule is CCOc1cc(-c2cc(/C=C/C(=O)O)ccc2O)cc2c1C(C)(C)CCC2(C)C. The Hall–Kier alpha value is -2.75. The number of fused-ring (bicyclic) bond motifs is 1. The molecule has 0 saturated carbocycles. The molecular formula is C25H30O4. The van der Waals surface area contributed by atoms with Crippen molar-refractivity contribution in [2.24, 2.45) is 0 Å². The minimum absolute atomic E-state index is 0.00313. The minimum Gasteiger partial charge on any atom is -0.507 e. The van der Waals surface area contributed by atoms with Crippen molar-refractivity contribution in [3.05, 3.63) is 53.1 Å². The first kappa shape index (κ1) is 21.0. The molecule has 1 aliphatic carbocycles. The maximum atomic E-state index is 10.9. The van der Waals surface area contributed by atoms with Gasteiger partial charge in [0.2, 0.25) is 0 Å². The summed E-state index contributed by atoms with van der Waals surface area (Å²) in [5.74, 6) is 0.0208. The number of carbonyl (C=O) groups is 1. The van der Waals surface area contributed by atoms with Gasteiger partial charge in [-0.1, -0.05) is 33.8 Å². The smallest absolute Gasteiger partial charge is 0.328 e. The summed E-state index contributed by atoms with van der Waals surface area (Å²) in [7, 11) is 0. The number of phenols is 1. The van der Waals surface area contributed by atoms with Crippen LogP contribution in [0.4, 0.5) is 0 Å². The molecule has 0 amide bonds. The van der Waals surface area contributed by atoms with Gasteiger partial charge in [0.05, 0.1) is 6.61 Å². The lowest BCUT2D eigenvalue weighted by Crippen LogP contribution is -2.34. The summed E-state index contributed by atoms with van der Waals surface area (Å²) >= 11 is 0. The van der Waals surface area contributed by atoms with Gasteiger partial charge in [0.25, 0.3) is 0 Å². The van der Waals surface area contributed by atoms with Gasteiger partial charge in [0, 0.05) is 17.2 Å². The van der Waals surface area contributed by atoms with Crippen molar-refractivity contribution in [2.75, 3.05) is 6.61 Å². The molecule has 3 rings (SSSR count).